The highest BCUT2D eigenvalue weighted by Crippen LogP contribution is 2.24. The van der Waals surface area contributed by atoms with Crippen molar-refractivity contribution < 1.29 is 9.53 Å². The lowest BCUT2D eigenvalue weighted by atomic mass is 10.1. The number of rotatable bonds is 9. The van der Waals surface area contributed by atoms with Crippen LogP contribution in [0.4, 0.5) is 0 Å². The minimum absolute atomic E-state index is 0.0955. The molecule has 31 heavy (non-hydrogen) atoms. The first kappa shape index (κ1) is 22.5. The molecule has 1 aromatic heterocycles. The zero-order chi connectivity index (χ0) is 22.4. The average Bonchev–Trinajstić information content (AvgIpc) is 2.78. The van der Waals surface area contributed by atoms with Crippen LogP contribution in [0.3, 0.4) is 0 Å². The van der Waals surface area contributed by atoms with Gasteiger partial charge in [0.1, 0.15) is 11.6 Å². The number of methoxy groups -OCH3 is 1. The summed E-state index contributed by atoms with van der Waals surface area (Å²) in [4.78, 5) is 34.7. The van der Waals surface area contributed by atoms with Gasteiger partial charge in [-0.05, 0) is 38.5 Å². The first-order valence-corrected chi connectivity index (χ1v) is 10.6. The fraction of sp³-hybridized carbons (Fsp3) is 0.375. The third kappa shape index (κ3) is 5.49. The molecule has 2 unspecified atom stereocenters. The van der Waals surface area contributed by atoms with Gasteiger partial charge >= 0.3 is 0 Å². The van der Waals surface area contributed by atoms with Gasteiger partial charge in [-0.15, -0.1) is 0 Å². The fourth-order valence-electron chi connectivity index (χ4n) is 3.60. The van der Waals surface area contributed by atoms with Crippen LogP contribution in [0.15, 0.2) is 53.3 Å². The molecule has 0 saturated carbocycles. The molecule has 0 spiro atoms. The largest absolute Gasteiger partial charge is 0.496 e. The molecule has 0 bridgehead atoms. The second-order valence-corrected chi connectivity index (χ2v) is 7.72. The number of benzene rings is 2. The average molecular weight is 423 g/mol. The Bertz CT molecular complexity index is 1100. The number of H-pyrrole nitrogens is 1. The monoisotopic (exact) mass is 422 g/mol. The molecule has 1 amide bonds. The molecule has 2 N–H and O–H groups in total. The van der Waals surface area contributed by atoms with Crippen LogP contribution < -0.4 is 15.6 Å². The van der Waals surface area contributed by atoms with Crippen molar-refractivity contribution in [2.45, 2.75) is 45.8 Å². The molecule has 2 atom stereocenters. The maximum Gasteiger partial charge on any atom is 0.258 e. The summed E-state index contributed by atoms with van der Waals surface area (Å²) in [6, 6.07) is 14.9. The van der Waals surface area contributed by atoms with Crippen molar-refractivity contribution in [3.8, 4) is 5.75 Å². The van der Waals surface area contributed by atoms with Gasteiger partial charge in [-0.1, -0.05) is 37.3 Å². The summed E-state index contributed by atoms with van der Waals surface area (Å²) in [5.74, 6) is 1.20. The Hall–Kier alpha value is -3.19. The van der Waals surface area contributed by atoms with Crippen molar-refractivity contribution in [1.82, 2.24) is 20.2 Å². The predicted octanol–water partition coefficient (Wildman–Crippen LogP) is 3.41. The van der Waals surface area contributed by atoms with Crippen LogP contribution >= 0.6 is 0 Å². The van der Waals surface area contributed by atoms with E-state index in [0.29, 0.717) is 23.3 Å². The molecule has 164 valence electrons. The molecule has 1 heterocycles. The lowest BCUT2D eigenvalue weighted by molar-refractivity contribution is -0.123. The Labute approximate surface area is 182 Å². The SMILES string of the molecule is CCC(C)N(CC(=O)NC(C)c1ccccc1OC)Cc1nc2ccccc2c(=O)[nH]1. The molecule has 7 nitrogen and oxygen atoms in total. The van der Waals surface area contributed by atoms with Gasteiger partial charge in [-0.25, -0.2) is 4.98 Å². The topological polar surface area (TPSA) is 87.3 Å². The first-order chi connectivity index (χ1) is 14.9. The van der Waals surface area contributed by atoms with Crippen molar-refractivity contribution in [2.24, 2.45) is 0 Å². The number of amides is 1. The minimum Gasteiger partial charge on any atom is -0.496 e. The Morgan fingerprint density at radius 1 is 1.16 bits per heavy atom. The highest BCUT2D eigenvalue weighted by atomic mass is 16.5. The number of aromatic amines is 1. The zero-order valence-corrected chi connectivity index (χ0v) is 18.5. The number of carbonyl (C=O) groups excluding carboxylic acids is 1. The van der Waals surface area contributed by atoms with Gasteiger partial charge in [-0.2, -0.15) is 0 Å². The number of hydrogen-bond donors (Lipinski definition) is 2. The standard InChI is InChI=1S/C24H30N4O3/c1-5-16(2)28(14-22-26-20-12-8-6-11-19(20)24(30)27-22)15-23(29)25-17(3)18-10-7-9-13-21(18)31-4/h6-13,16-17H,5,14-15H2,1-4H3,(H,25,29)(H,26,27,30). The quantitative estimate of drug-likeness (QED) is 0.552. The van der Waals surface area contributed by atoms with Crippen LogP contribution in [0.25, 0.3) is 10.9 Å². The maximum atomic E-state index is 12.8. The number of para-hydroxylation sites is 2. The van der Waals surface area contributed by atoms with Gasteiger partial charge < -0.3 is 15.0 Å². The van der Waals surface area contributed by atoms with Crippen LogP contribution in [0.5, 0.6) is 5.75 Å². The highest BCUT2D eigenvalue weighted by molar-refractivity contribution is 5.79. The minimum atomic E-state index is -0.193. The summed E-state index contributed by atoms with van der Waals surface area (Å²) >= 11 is 0. The van der Waals surface area contributed by atoms with E-state index in [1.54, 1.807) is 13.2 Å². The second-order valence-electron chi connectivity index (χ2n) is 7.72. The Morgan fingerprint density at radius 2 is 1.87 bits per heavy atom. The smallest absolute Gasteiger partial charge is 0.258 e. The summed E-state index contributed by atoms with van der Waals surface area (Å²) in [5.41, 5.74) is 1.41. The van der Waals surface area contributed by atoms with E-state index in [0.717, 1.165) is 17.7 Å². The van der Waals surface area contributed by atoms with Crippen LogP contribution in [0, 0.1) is 0 Å². The Morgan fingerprint density at radius 3 is 2.61 bits per heavy atom. The normalized spacial score (nSPS) is 13.2. The third-order valence-corrected chi connectivity index (χ3v) is 5.56. The molecular formula is C24H30N4O3. The summed E-state index contributed by atoms with van der Waals surface area (Å²) < 4.78 is 5.41. The molecule has 2 aromatic carbocycles. The number of aromatic nitrogens is 2. The highest BCUT2D eigenvalue weighted by Gasteiger charge is 2.20. The van der Waals surface area contributed by atoms with E-state index < -0.39 is 0 Å². The van der Waals surface area contributed by atoms with E-state index >= 15 is 0 Å². The second kappa shape index (κ2) is 10.2. The van der Waals surface area contributed by atoms with Gasteiger partial charge in [0.15, 0.2) is 0 Å². The molecule has 0 fully saturated rings. The Balaban J connectivity index is 1.74. The molecule has 0 aliphatic heterocycles. The van der Waals surface area contributed by atoms with Gasteiger partial charge in [0.25, 0.3) is 5.56 Å². The number of fused-ring (bicyclic) bond motifs is 1. The van der Waals surface area contributed by atoms with Crippen LogP contribution in [0.2, 0.25) is 0 Å². The first-order valence-electron chi connectivity index (χ1n) is 10.6. The number of hydrogen-bond acceptors (Lipinski definition) is 5. The summed E-state index contributed by atoms with van der Waals surface area (Å²) in [6.07, 6.45) is 0.868. The molecular weight excluding hydrogens is 392 g/mol. The van der Waals surface area contributed by atoms with E-state index in [-0.39, 0.29) is 30.1 Å². The number of carbonyl (C=O) groups is 1. The third-order valence-electron chi connectivity index (χ3n) is 5.56. The van der Waals surface area contributed by atoms with Crippen molar-refractivity contribution in [1.29, 1.82) is 0 Å². The van der Waals surface area contributed by atoms with E-state index in [1.807, 2.05) is 54.3 Å². The number of nitrogens with one attached hydrogen (secondary N) is 2. The molecule has 0 saturated heterocycles. The van der Waals surface area contributed by atoms with Crippen LogP contribution in [-0.4, -0.2) is 40.5 Å². The van der Waals surface area contributed by atoms with Crippen molar-refractivity contribution in [3.63, 3.8) is 0 Å². The van der Waals surface area contributed by atoms with E-state index in [4.69, 9.17) is 4.74 Å². The van der Waals surface area contributed by atoms with Crippen LogP contribution in [-0.2, 0) is 11.3 Å². The lowest BCUT2D eigenvalue weighted by Crippen LogP contribution is -2.42. The summed E-state index contributed by atoms with van der Waals surface area (Å²) in [7, 11) is 1.62. The molecule has 7 heteroatoms. The molecule has 0 radical (unpaired) electrons. The number of nitrogens with zero attached hydrogens (tertiary/aromatic N) is 2. The van der Waals surface area contributed by atoms with Gasteiger partial charge in [0, 0.05) is 11.6 Å². The van der Waals surface area contributed by atoms with Crippen molar-refractivity contribution >= 4 is 16.8 Å². The van der Waals surface area contributed by atoms with Crippen LogP contribution in [0.1, 0.15) is 44.6 Å². The summed E-state index contributed by atoms with van der Waals surface area (Å²) in [5, 5.41) is 3.61. The van der Waals surface area contributed by atoms with E-state index in [2.05, 4.69) is 29.1 Å². The fourth-order valence-corrected chi connectivity index (χ4v) is 3.60. The van der Waals surface area contributed by atoms with Gasteiger partial charge in [-0.3, -0.25) is 14.5 Å². The maximum absolute atomic E-state index is 12.8. The van der Waals surface area contributed by atoms with Gasteiger partial charge in [0.2, 0.25) is 5.91 Å². The Kier molecular flexibility index (Phi) is 7.41. The lowest BCUT2D eigenvalue weighted by Gasteiger charge is -2.28. The summed E-state index contributed by atoms with van der Waals surface area (Å²) in [6.45, 7) is 6.65. The number of ether oxygens (including phenoxy) is 1. The zero-order valence-electron chi connectivity index (χ0n) is 18.5. The molecule has 3 rings (SSSR count). The molecule has 0 aliphatic carbocycles. The van der Waals surface area contributed by atoms with Gasteiger partial charge in [0.05, 0.1) is 37.1 Å². The van der Waals surface area contributed by atoms with E-state index in [9.17, 15) is 9.59 Å². The molecule has 0 aliphatic rings. The predicted molar refractivity (Wildman–Crippen MR) is 122 cm³/mol. The van der Waals surface area contributed by atoms with E-state index in [1.165, 1.54) is 0 Å². The van der Waals surface area contributed by atoms with Crippen molar-refractivity contribution in [3.05, 3.63) is 70.3 Å². The molecule has 3 aromatic rings. The van der Waals surface area contributed by atoms with Crippen molar-refractivity contribution in [2.75, 3.05) is 13.7 Å².